The van der Waals surface area contributed by atoms with Crippen molar-refractivity contribution in [1.82, 2.24) is 30.3 Å². The van der Waals surface area contributed by atoms with Crippen molar-refractivity contribution in [2.45, 2.75) is 25.6 Å². The van der Waals surface area contributed by atoms with Crippen molar-refractivity contribution in [3.05, 3.63) is 35.9 Å². The van der Waals surface area contributed by atoms with Crippen LogP contribution in [0.3, 0.4) is 0 Å². The minimum absolute atomic E-state index is 0. The lowest BCUT2D eigenvalue weighted by Gasteiger charge is -2.19. The van der Waals surface area contributed by atoms with Crippen LogP contribution in [-0.2, 0) is 20.1 Å². The largest absolute Gasteiger partial charge is 0.497 e. The fourth-order valence-electron chi connectivity index (χ4n) is 3.34. The Morgan fingerprint density at radius 3 is 2.55 bits per heavy atom. The first-order valence-electron chi connectivity index (χ1n) is 9.35. The molecule has 1 aromatic carbocycles. The summed E-state index contributed by atoms with van der Waals surface area (Å²) in [5.74, 6) is 3.27. The van der Waals surface area contributed by atoms with E-state index >= 15 is 0 Å². The van der Waals surface area contributed by atoms with Gasteiger partial charge in [-0.3, -0.25) is 14.6 Å². The Morgan fingerprint density at radius 1 is 1.24 bits per heavy atom. The van der Waals surface area contributed by atoms with Crippen molar-refractivity contribution in [2.75, 3.05) is 34.4 Å². The number of nitrogens with zero attached hydrogens (tertiary/aromatic N) is 5. The molecule has 0 amide bonds. The number of aryl methyl sites for hydroxylation is 1. The Balaban J connectivity index is 0.00000300. The molecule has 0 radical (unpaired) electrons. The molecule has 10 heteroatoms. The van der Waals surface area contributed by atoms with Crippen molar-refractivity contribution in [3.63, 3.8) is 0 Å². The zero-order chi connectivity index (χ0) is 19.9. The summed E-state index contributed by atoms with van der Waals surface area (Å²) in [5.41, 5.74) is 1.18. The molecule has 0 spiro atoms. The Bertz CT molecular complexity index is 789. The predicted molar refractivity (Wildman–Crippen MR) is 123 cm³/mol. The molecule has 3 rings (SSSR count). The number of likely N-dealkylation sites (tertiary alicyclic amines) is 1. The summed E-state index contributed by atoms with van der Waals surface area (Å²) in [7, 11) is 7.01. The van der Waals surface area contributed by atoms with E-state index in [1.54, 1.807) is 32.3 Å². The fraction of sp³-hybridized carbons (Fsp3) is 0.526. The van der Waals surface area contributed by atoms with Gasteiger partial charge < -0.3 is 20.1 Å². The number of guanidine groups is 1. The Morgan fingerprint density at radius 2 is 1.97 bits per heavy atom. The first kappa shape index (κ1) is 23.2. The highest BCUT2D eigenvalue weighted by atomic mass is 127. The SMILES string of the molecule is CN=C(NCc1ncnn1C)NC1CCN(Cc2cc(OC)cc(OC)c2)C1.I. The van der Waals surface area contributed by atoms with Crippen molar-refractivity contribution < 1.29 is 9.47 Å². The van der Waals surface area contributed by atoms with Gasteiger partial charge >= 0.3 is 0 Å². The van der Waals surface area contributed by atoms with E-state index in [1.807, 2.05) is 13.1 Å². The highest BCUT2D eigenvalue weighted by Crippen LogP contribution is 2.24. The summed E-state index contributed by atoms with van der Waals surface area (Å²) in [6.45, 7) is 3.41. The lowest BCUT2D eigenvalue weighted by Crippen LogP contribution is -2.44. The van der Waals surface area contributed by atoms with E-state index in [4.69, 9.17) is 9.47 Å². The molecule has 1 aromatic heterocycles. The third kappa shape index (κ3) is 6.46. The second-order valence-corrected chi connectivity index (χ2v) is 6.81. The Hall–Kier alpha value is -2.08. The number of nitrogens with one attached hydrogen (secondary N) is 2. The van der Waals surface area contributed by atoms with Gasteiger partial charge in [-0.15, -0.1) is 24.0 Å². The monoisotopic (exact) mass is 515 g/mol. The number of rotatable bonds is 7. The molecule has 29 heavy (non-hydrogen) atoms. The molecule has 9 nitrogen and oxygen atoms in total. The number of methoxy groups -OCH3 is 2. The van der Waals surface area contributed by atoms with Crippen LogP contribution in [0.15, 0.2) is 29.5 Å². The molecular formula is C19H30IN7O2. The molecule has 1 aliphatic rings. The average molecular weight is 515 g/mol. The predicted octanol–water partition coefficient (Wildman–Crippen LogP) is 1.39. The molecule has 2 aromatic rings. The number of aromatic nitrogens is 3. The summed E-state index contributed by atoms with van der Waals surface area (Å²) < 4.78 is 12.5. The molecule has 2 N–H and O–H groups in total. The molecular weight excluding hydrogens is 485 g/mol. The van der Waals surface area contributed by atoms with Gasteiger partial charge in [0, 0.05) is 45.8 Å². The molecule has 1 unspecified atom stereocenters. The van der Waals surface area contributed by atoms with Gasteiger partial charge in [0.1, 0.15) is 23.7 Å². The zero-order valence-corrected chi connectivity index (χ0v) is 19.7. The first-order valence-corrected chi connectivity index (χ1v) is 9.35. The van der Waals surface area contributed by atoms with Crippen LogP contribution in [0.2, 0.25) is 0 Å². The molecule has 1 saturated heterocycles. The van der Waals surface area contributed by atoms with E-state index in [0.29, 0.717) is 12.6 Å². The molecule has 1 fully saturated rings. The van der Waals surface area contributed by atoms with E-state index in [0.717, 1.165) is 49.3 Å². The van der Waals surface area contributed by atoms with E-state index in [2.05, 4.69) is 42.7 Å². The molecule has 0 bridgehead atoms. The second-order valence-electron chi connectivity index (χ2n) is 6.81. The average Bonchev–Trinajstić information content (AvgIpc) is 3.33. The number of ether oxygens (including phenoxy) is 2. The lowest BCUT2D eigenvalue weighted by molar-refractivity contribution is 0.321. The van der Waals surface area contributed by atoms with E-state index in [1.165, 1.54) is 5.56 Å². The minimum atomic E-state index is 0. The van der Waals surface area contributed by atoms with Crippen molar-refractivity contribution in [1.29, 1.82) is 0 Å². The van der Waals surface area contributed by atoms with Gasteiger partial charge in [-0.2, -0.15) is 5.10 Å². The Kier molecular flexibility index (Phi) is 8.96. The van der Waals surface area contributed by atoms with Crippen molar-refractivity contribution in [3.8, 4) is 11.5 Å². The third-order valence-corrected chi connectivity index (χ3v) is 4.87. The van der Waals surface area contributed by atoms with Gasteiger partial charge in [-0.05, 0) is 24.1 Å². The van der Waals surface area contributed by atoms with Crippen LogP contribution in [-0.4, -0.2) is 66.0 Å². The fourth-order valence-corrected chi connectivity index (χ4v) is 3.34. The minimum Gasteiger partial charge on any atom is -0.497 e. The van der Waals surface area contributed by atoms with Crippen molar-refractivity contribution in [2.24, 2.45) is 12.0 Å². The molecule has 2 heterocycles. The number of benzene rings is 1. The van der Waals surface area contributed by atoms with Crippen LogP contribution in [0.4, 0.5) is 0 Å². The quantitative estimate of drug-likeness (QED) is 0.328. The summed E-state index contributed by atoms with van der Waals surface area (Å²) in [6.07, 6.45) is 2.61. The smallest absolute Gasteiger partial charge is 0.191 e. The first-order chi connectivity index (χ1) is 13.6. The number of hydrogen-bond donors (Lipinski definition) is 2. The lowest BCUT2D eigenvalue weighted by atomic mass is 10.2. The number of hydrogen-bond acceptors (Lipinski definition) is 6. The maximum atomic E-state index is 5.37. The molecule has 1 atom stereocenters. The van der Waals surface area contributed by atoms with Gasteiger partial charge in [0.05, 0.1) is 20.8 Å². The van der Waals surface area contributed by atoms with Gasteiger partial charge in [0.25, 0.3) is 0 Å². The molecule has 0 saturated carbocycles. The van der Waals surface area contributed by atoms with Crippen LogP contribution in [0.5, 0.6) is 11.5 Å². The van der Waals surface area contributed by atoms with Crippen LogP contribution >= 0.6 is 24.0 Å². The number of aliphatic imine (C=N–C) groups is 1. The summed E-state index contributed by atoms with van der Waals surface area (Å²) in [6, 6.07) is 6.36. The second kappa shape index (κ2) is 11.2. The van der Waals surface area contributed by atoms with Gasteiger partial charge in [0.2, 0.25) is 0 Å². The van der Waals surface area contributed by atoms with Crippen LogP contribution in [0.1, 0.15) is 17.8 Å². The molecule has 1 aliphatic heterocycles. The number of halogens is 1. The highest BCUT2D eigenvalue weighted by molar-refractivity contribution is 14.0. The summed E-state index contributed by atoms with van der Waals surface area (Å²) in [4.78, 5) is 11.0. The normalized spacial score (nSPS) is 17.0. The zero-order valence-electron chi connectivity index (χ0n) is 17.4. The van der Waals surface area contributed by atoms with Crippen molar-refractivity contribution >= 4 is 29.9 Å². The third-order valence-electron chi connectivity index (χ3n) is 4.87. The van der Waals surface area contributed by atoms with Crippen LogP contribution < -0.4 is 20.1 Å². The molecule has 160 valence electrons. The van der Waals surface area contributed by atoms with Gasteiger partial charge in [-0.25, -0.2) is 4.98 Å². The Labute approximate surface area is 188 Å². The van der Waals surface area contributed by atoms with Crippen LogP contribution in [0, 0.1) is 0 Å². The molecule has 0 aliphatic carbocycles. The van der Waals surface area contributed by atoms with Gasteiger partial charge in [0.15, 0.2) is 5.96 Å². The standard InChI is InChI=1S/C19H29N7O2.HI/c1-20-19(21-10-18-22-13-23-25(18)2)24-15-5-6-26(12-15)11-14-7-16(27-3)9-17(8-14)28-4;/h7-9,13,15H,5-6,10-12H2,1-4H3,(H2,20,21,24);1H. The van der Waals surface area contributed by atoms with Gasteiger partial charge in [-0.1, -0.05) is 0 Å². The topological polar surface area (TPSA) is 88.8 Å². The van der Waals surface area contributed by atoms with E-state index in [-0.39, 0.29) is 24.0 Å². The van der Waals surface area contributed by atoms with E-state index < -0.39 is 0 Å². The van der Waals surface area contributed by atoms with E-state index in [9.17, 15) is 0 Å². The summed E-state index contributed by atoms with van der Waals surface area (Å²) in [5, 5.41) is 10.9. The van der Waals surface area contributed by atoms with Crippen LogP contribution in [0.25, 0.3) is 0 Å². The summed E-state index contributed by atoms with van der Waals surface area (Å²) >= 11 is 0. The maximum absolute atomic E-state index is 5.37. The highest BCUT2D eigenvalue weighted by Gasteiger charge is 2.23. The maximum Gasteiger partial charge on any atom is 0.191 e.